The standard InChI is InChI=1S/C20H21N5O5S/c1-3-30-17-12-15(25(27)28)13(11-16(17)29-2)19(26)23-7-9-24(10-8-23)20-22-14-5-4-6-21-18(14)31-20/h4-6,11-12H,3,7-10H2,1-2H3. The van der Waals surface area contributed by atoms with Crippen molar-refractivity contribution in [3.8, 4) is 11.5 Å². The van der Waals surface area contributed by atoms with Gasteiger partial charge in [0.2, 0.25) is 0 Å². The number of nitro benzene ring substituents is 1. The summed E-state index contributed by atoms with van der Waals surface area (Å²) < 4.78 is 10.7. The van der Waals surface area contributed by atoms with Gasteiger partial charge in [-0.25, -0.2) is 9.97 Å². The van der Waals surface area contributed by atoms with Crippen LogP contribution in [0, 0.1) is 10.1 Å². The fraction of sp³-hybridized carbons (Fsp3) is 0.350. The third-order valence-corrected chi connectivity index (χ3v) is 6.04. The minimum Gasteiger partial charge on any atom is -0.493 e. The first-order valence-corrected chi connectivity index (χ1v) is 10.6. The molecule has 1 aliphatic heterocycles. The van der Waals surface area contributed by atoms with Crippen LogP contribution in [0.15, 0.2) is 30.5 Å². The zero-order valence-electron chi connectivity index (χ0n) is 17.1. The third kappa shape index (κ3) is 4.08. The van der Waals surface area contributed by atoms with Gasteiger partial charge in [-0.3, -0.25) is 14.9 Å². The van der Waals surface area contributed by atoms with Gasteiger partial charge in [0, 0.05) is 38.4 Å². The number of methoxy groups -OCH3 is 1. The number of carbonyl (C=O) groups is 1. The Bertz CT molecular complexity index is 1090. The molecular weight excluding hydrogens is 422 g/mol. The lowest BCUT2D eigenvalue weighted by Gasteiger charge is -2.34. The Labute approximate surface area is 182 Å². The predicted molar refractivity (Wildman–Crippen MR) is 116 cm³/mol. The van der Waals surface area contributed by atoms with Crippen LogP contribution in [0.2, 0.25) is 0 Å². The molecule has 2 aromatic heterocycles. The van der Waals surface area contributed by atoms with Crippen LogP contribution < -0.4 is 14.4 Å². The number of piperazine rings is 1. The predicted octanol–water partition coefficient (Wildman–Crippen LogP) is 2.97. The van der Waals surface area contributed by atoms with Gasteiger partial charge < -0.3 is 19.3 Å². The number of hydrogen-bond acceptors (Lipinski definition) is 9. The molecule has 1 aliphatic rings. The molecule has 3 heterocycles. The highest BCUT2D eigenvalue weighted by molar-refractivity contribution is 7.21. The Kier molecular flexibility index (Phi) is 5.85. The summed E-state index contributed by atoms with van der Waals surface area (Å²) in [4.78, 5) is 37.7. The van der Waals surface area contributed by atoms with E-state index in [1.165, 1.54) is 30.6 Å². The number of anilines is 1. The molecular formula is C20H21N5O5S. The lowest BCUT2D eigenvalue weighted by molar-refractivity contribution is -0.385. The number of fused-ring (bicyclic) bond motifs is 1. The molecule has 31 heavy (non-hydrogen) atoms. The van der Waals surface area contributed by atoms with Gasteiger partial charge in [-0.2, -0.15) is 0 Å². The molecule has 0 radical (unpaired) electrons. The summed E-state index contributed by atoms with van der Waals surface area (Å²) in [5, 5.41) is 12.5. The van der Waals surface area contributed by atoms with Crippen LogP contribution in [-0.4, -0.2) is 65.6 Å². The number of aromatic nitrogens is 2. The van der Waals surface area contributed by atoms with E-state index in [0.717, 1.165) is 15.5 Å². The maximum atomic E-state index is 13.1. The van der Waals surface area contributed by atoms with Crippen molar-refractivity contribution in [2.24, 2.45) is 0 Å². The minimum absolute atomic E-state index is 0.0112. The lowest BCUT2D eigenvalue weighted by atomic mass is 10.1. The van der Waals surface area contributed by atoms with Crippen molar-refractivity contribution in [3.05, 3.63) is 46.1 Å². The fourth-order valence-electron chi connectivity index (χ4n) is 3.46. The summed E-state index contributed by atoms with van der Waals surface area (Å²) in [6, 6.07) is 6.40. The molecule has 0 saturated carbocycles. The maximum Gasteiger partial charge on any atom is 0.286 e. The number of nitro groups is 1. The number of rotatable bonds is 6. The first kappa shape index (κ1) is 20.8. The zero-order valence-corrected chi connectivity index (χ0v) is 17.9. The Morgan fingerprint density at radius 3 is 2.68 bits per heavy atom. The van der Waals surface area contributed by atoms with E-state index in [4.69, 9.17) is 9.47 Å². The van der Waals surface area contributed by atoms with Gasteiger partial charge in [-0.1, -0.05) is 11.3 Å². The molecule has 1 fully saturated rings. The molecule has 1 saturated heterocycles. The van der Waals surface area contributed by atoms with E-state index in [9.17, 15) is 14.9 Å². The second kappa shape index (κ2) is 8.72. The maximum absolute atomic E-state index is 13.1. The van der Waals surface area contributed by atoms with Crippen LogP contribution >= 0.6 is 11.3 Å². The quantitative estimate of drug-likeness (QED) is 0.422. The highest BCUT2D eigenvalue weighted by atomic mass is 32.1. The molecule has 162 valence electrons. The average molecular weight is 443 g/mol. The second-order valence-electron chi connectivity index (χ2n) is 6.81. The average Bonchev–Trinajstić information content (AvgIpc) is 3.23. The number of benzene rings is 1. The van der Waals surface area contributed by atoms with Gasteiger partial charge in [0.15, 0.2) is 16.6 Å². The number of hydrogen-bond donors (Lipinski definition) is 0. The smallest absolute Gasteiger partial charge is 0.286 e. The number of amides is 1. The molecule has 0 unspecified atom stereocenters. The highest BCUT2D eigenvalue weighted by Crippen LogP contribution is 2.36. The molecule has 1 amide bonds. The van der Waals surface area contributed by atoms with Gasteiger partial charge in [-0.05, 0) is 19.1 Å². The Balaban J connectivity index is 1.53. The van der Waals surface area contributed by atoms with E-state index < -0.39 is 10.8 Å². The van der Waals surface area contributed by atoms with Crippen molar-refractivity contribution in [1.82, 2.24) is 14.9 Å². The molecule has 0 atom stereocenters. The SMILES string of the molecule is CCOc1cc([N+](=O)[O-])c(C(=O)N2CCN(c3nc4cccnc4s3)CC2)cc1OC. The van der Waals surface area contributed by atoms with E-state index >= 15 is 0 Å². The first-order valence-electron chi connectivity index (χ1n) is 9.76. The normalized spacial score (nSPS) is 14.0. The van der Waals surface area contributed by atoms with Crippen LogP contribution in [0.25, 0.3) is 10.3 Å². The van der Waals surface area contributed by atoms with Gasteiger partial charge >= 0.3 is 0 Å². The van der Waals surface area contributed by atoms with Crippen LogP contribution in [0.1, 0.15) is 17.3 Å². The number of pyridine rings is 1. The summed E-state index contributed by atoms with van der Waals surface area (Å²) in [7, 11) is 1.43. The molecule has 0 bridgehead atoms. The van der Waals surface area contributed by atoms with E-state index in [1.807, 2.05) is 12.1 Å². The molecule has 10 nitrogen and oxygen atoms in total. The monoisotopic (exact) mass is 443 g/mol. The summed E-state index contributed by atoms with van der Waals surface area (Å²) in [6.07, 6.45) is 1.74. The number of nitrogens with zero attached hydrogens (tertiary/aromatic N) is 5. The van der Waals surface area contributed by atoms with Gasteiger partial charge in [0.05, 0.1) is 24.7 Å². The number of carbonyl (C=O) groups excluding carboxylic acids is 1. The van der Waals surface area contributed by atoms with Gasteiger partial charge in [0.1, 0.15) is 15.9 Å². The Hall–Kier alpha value is -3.47. The van der Waals surface area contributed by atoms with Crippen molar-refractivity contribution in [1.29, 1.82) is 0 Å². The summed E-state index contributed by atoms with van der Waals surface area (Å²) in [6.45, 7) is 4.10. The minimum atomic E-state index is -0.570. The molecule has 3 aromatic rings. The third-order valence-electron chi connectivity index (χ3n) is 5.00. The van der Waals surface area contributed by atoms with Gasteiger partial charge in [0.25, 0.3) is 11.6 Å². The van der Waals surface area contributed by atoms with E-state index in [1.54, 1.807) is 18.0 Å². The molecule has 0 spiro atoms. The zero-order chi connectivity index (χ0) is 22.0. The van der Waals surface area contributed by atoms with E-state index in [0.29, 0.717) is 32.8 Å². The van der Waals surface area contributed by atoms with Crippen molar-refractivity contribution in [2.45, 2.75) is 6.92 Å². The second-order valence-corrected chi connectivity index (χ2v) is 7.77. The number of thiazole rings is 1. The van der Waals surface area contributed by atoms with Gasteiger partial charge in [-0.15, -0.1) is 0 Å². The molecule has 4 rings (SSSR count). The molecule has 0 N–H and O–H groups in total. The highest BCUT2D eigenvalue weighted by Gasteiger charge is 2.30. The molecule has 0 aliphatic carbocycles. The van der Waals surface area contributed by atoms with Crippen molar-refractivity contribution in [2.75, 3.05) is 44.8 Å². The summed E-state index contributed by atoms with van der Waals surface area (Å²) >= 11 is 1.51. The van der Waals surface area contributed by atoms with Crippen molar-refractivity contribution in [3.63, 3.8) is 0 Å². The lowest BCUT2D eigenvalue weighted by Crippen LogP contribution is -2.48. The van der Waals surface area contributed by atoms with Crippen LogP contribution in [0.3, 0.4) is 0 Å². The summed E-state index contributed by atoms with van der Waals surface area (Å²) in [5.41, 5.74) is 0.537. The van der Waals surface area contributed by atoms with Crippen LogP contribution in [-0.2, 0) is 0 Å². The van der Waals surface area contributed by atoms with Crippen molar-refractivity contribution < 1.29 is 19.2 Å². The van der Waals surface area contributed by atoms with Crippen LogP contribution in [0.5, 0.6) is 11.5 Å². The summed E-state index contributed by atoms with van der Waals surface area (Å²) in [5.74, 6) is 0.123. The van der Waals surface area contributed by atoms with Crippen LogP contribution in [0.4, 0.5) is 10.8 Å². The Morgan fingerprint density at radius 2 is 2.03 bits per heavy atom. The Morgan fingerprint density at radius 1 is 1.26 bits per heavy atom. The number of ether oxygens (including phenoxy) is 2. The first-order chi connectivity index (χ1) is 15.0. The topological polar surface area (TPSA) is 111 Å². The van der Waals surface area contributed by atoms with E-state index in [2.05, 4.69) is 14.9 Å². The largest absolute Gasteiger partial charge is 0.493 e. The molecule has 11 heteroatoms. The van der Waals surface area contributed by atoms with E-state index in [-0.39, 0.29) is 22.7 Å². The fourth-order valence-corrected chi connectivity index (χ4v) is 4.42. The van der Waals surface area contributed by atoms with Crippen molar-refractivity contribution >= 4 is 38.4 Å². The molecule has 1 aromatic carbocycles.